The molecular weight excluding hydrogens is 243 g/mol. The molecular formula is C13H10F3NO. The lowest BCUT2D eigenvalue weighted by molar-refractivity contribution is 0.208. The van der Waals surface area contributed by atoms with Gasteiger partial charge in [0.25, 0.3) is 0 Å². The van der Waals surface area contributed by atoms with Crippen LogP contribution in [0.3, 0.4) is 0 Å². The molecule has 1 aromatic carbocycles. The zero-order valence-corrected chi connectivity index (χ0v) is 9.49. The van der Waals surface area contributed by atoms with Crippen molar-refractivity contribution in [2.45, 2.75) is 13.0 Å². The summed E-state index contributed by atoms with van der Waals surface area (Å²) in [5.74, 6) is -2.40. The summed E-state index contributed by atoms with van der Waals surface area (Å²) >= 11 is 0. The molecule has 0 aliphatic rings. The second-order valence-corrected chi connectivity index (χ2v) is 3.93. The number of pyridine rings is 1. The first-order valence-electron chi connectivity index (χ1n) is 5.23. The molecule has 2 rings (SSSR count). The number of nitrogens with zero attached hydrogens (tertiary/aromatic N) is 1. The van der Waals surface area contributed by atoms with Crippen LogP contribution < -0.4 is 0 Å². The van der Waals surface area contributed by atoms with Gasteiger partial charge in [0.2, 0.25) is 0 Å². The Morgan fingerprint density at radius 1 is 1.17 bits per heavy atom. The number of rotatable bonds is 2. The van der Waals surface area contributed by atoms with Crippen molar-refractivity contribution in [3.8, 4) is 0 Å². The highest BCUT2D eigenvalue weighted by atomic mass is 19.1. The minimum atomic E-state index is -1.59. The first-order chi connectivity index (χ1) is 8.50. The summed E-state index contributed by atoms with van der Waals surface area (Å²) < 4.78 is 40.3. The molecule has 2 nitrogen and oxygen atoms in total. The molecule has 1 atom stereocenters. The van der Waals surface area contributed by atoms with Crippen molar-refractivity contribution in [2.24, 2.45) is 0 Å². The molecule has 1 N–H and O–H groups in total. The van der Waals surface area contributed by atoms with Gasteiger partial charge in [-0.05, 0) is 24.6 Å². The fourth-order valence-electron chi connectivity index (χ4n) is 1.67. The van der Waals surface area contributed by atoms with Crippen molar-refractivity contribution >= 4 is 0 Å². The van der Waals surface area contributed by atoms with Crippen LogP contribution in [-0.2, 0) is 0 Å². The summed E-state index contributed by atoms with van der Waals surface area (Å²) in [7, 11) is 0. The fourth-order valence-corrected chi connectivity index (χ4v) is 1.67. The Labute approximate surface area is 102 Å². The van der Waals surface area contributed by atoms with E-state index >= 15 is 0 Å². The van der Waals surface area contributed by atoms with Crippen molar-refractivity contribution in [1.82, 2.24) is 4.98 Å². The second kappa shape index (κ2) is 4.78. The van der Waals surface area contributed by atoms with E-state index in [0.29, 0.717) is 0 Å². The van der Waals surface area contributed by atoms with Crippen LogP contribution in [0.2, 0.25) is 0 Å². The molecule has 0 aliphatic heterocycles. The predicted molar refractivity (Wildman–Crippen MR) is 59.4 cm³/mol. The molecule has 1 unspecified atom stereocenters. The van der Waals surface area contributed by atoms with E-state index in [1.165, 1.54) is 13.0 Å². The standard InChI is InChI=1S/C13H10F3NO/c1-7-2-3-10(15)11(12(7)16)13(18)8-4-9(14)6-17-5-8/h2-6,13,18H,1H3. The molecule has 1 heterocycles. The summed E-state index contributed by atoms with van der Waals surface area (Å²) in [4.78, 5) is 3.53. The summed E-state index contributed by atoms with van der Waals surface area (Å²) in [5, 5.41) is 9.92. The van der Waals surface area contributed by atoms with E-state index in [0.717, 1.165) is 24.5 Å². The minimum Gasteiger partial charge on any atom is -0.383 e. The molecule has 0 radical (unpaired) electrons. The summed E-state index contributed by atoms with van der Waals surface area (Å²) in [5.41, 5.74) is -0.296. The lowest BCUT2D eigenvalue weighted by atomic mass is 10.00. The number of aromatic nitrogens is 1. The van der Waals surface area contributed by atoms with Crippen LogP contribution in [0.5, 0.6) is 0 Å². The van der Waals surface area contributed by atoms with Gasteiger partial charge in [-0.15, -0.1) is 0 Å². The van der Waals surface area contributed by atoms with E-state index in [9.17, 15) is 18.3 Å². The van der Waals surface area contributed by atoms with Crippen LogP contribution in [0.4, 0.5) is 13.2 Å². The van der Waals surface area contributed by atoms with Crippen LogP contribution in [0.1, 0.15) is 22.8 Å². The average molecular weight is 253 g/mol. The third-order valence-electron chi connectivity index (χ3n) is 2.63. The van der Waals surface area contributed by atoms with Crippen LogP contribution in [-0.4, -0.2) is 10.1 Å². The van der Waals surface area contributed by atoms with Gasteiger partial charge in [0.1, 0.15) is 23.6 Å². The Hall–Kier alpha value is -1.88. The Balaban J connectivity index is 2.52. The maximum absolute atomic E-state index is 13.8. The normalized spacial score (nSPS) is 12.5. The molecule has 0 aliphatic carbocycles. The van der Waals surface area contributed by atoms with Crippen LogP contribution in [0.15, 0.2) is 30.6 Å². The van der Waals surface area contributed by atoms with E-state index in [-0.39, 0.29) is 11.1 Å². The van der Waals surface area contributed by atoms with Gasteiger partial charge in [0, 0.05) is 11.8 Å². The third-order valence-corrected chi connectivity index (χ3v) is 2.63. The number of hydrogen-bond donors (Lipinski definition) is 1. The zero-order chi connectivity index (χ0) is 13.3. The zero-order valence-electron chi connectivity index (χ0n) is 9.49. The lowest BCUT2D eigenvalue weighted by Gasteiger charge is -2.14. The largest absolute Gasteiger partial charge is 0.383 e. The van der Waals surface area contributed by atoms with Crippen molar-refractivity contribution in [3.63, 3.8) is 0 Å². The van der Waals surface area contributed by atoms with Crippen LogP contribution >= 0.6 is 0 Å². The fraction of sp³-hybridized carbons (Fsp3) is 0.154. The number of aliphatic hydroxyl groups is 1. The molecule has 1 aromatic heterocycles. The molecule has 0 saturated heterocycles. The predicted octanol–water partition coefficient (Wildman–Crippen LogP) is 2.89. The van der Waals surface area contributed by atoms with Gasteiger partial charge in [0.05, 0.1) is 11.8 Å². The smallest absolute Gasteiger partial charge is 0.141 e. The Morgan fingerprint density at radius 3 is 2.56 bits per heavy atom. The number of halogens is 3. The van der Waals surface area contributed by atoms with E-state index in [4.69, 9.17) is 0 Å². The molecule has 18 heavy (non-hydrogen) atoms. The second-order valence-electron chi connectivity index (χ2n) is 3.93. The van der Waals surface area contributed by atoms with Gasteiger partial charge in [-0.3, -0.25) is 4.98 Å². The van der Waals surface area contributed by atoms with Gasteiger partial charge in [0.15, 0.2) is 0 Å². The first-order valence-corrected chi connectivity index (χ1v) is 5.23. The van der Waals surface area contributed by atoms with Crippen molar-refractivity contribution in [2.75, 3.05) is 0 Å². The Kier molecular flexibility index (Phi) is 3.34. The highest BCUT2D eigenvalue weighted by Gasteiger charge is 2.21. The van der Waals surface area contributed by atoms with E-state index in [2.05, 4.69) is 4.98 Å². The number of hydrogen-bond acceptors (Lipinski definition) is 2. The molecule has 5 heteroatoms. The monoisotopic (exact) mass is 253 g/mol. The quantitative estimate of drug-likeness (QED) is 0.892. The minimum absolute atomic E-state index is 0.00148. The van der Waals surface area contributed by atoms with Gasteiger partial charge >= 0.3 is 0 Å². The van der Waals surface area contributed by atoms with E-state index in [1.54, 1.807) is 0 Å². The van der Waals surface area contributed by atoms with Crippen molar-refractivity contribution in [3.05, 3.63) is 64.7 Å². The van der Waals surface area contributed by atoms with E-state index in [1.807, 2.05) is 0 Å². The maximum Gasteiger partial charge on any atom is 0.141 e. The topological polar surface area (TPSA) is 33.1 Å². The van der Waals surface area contributed by atoms with Gasteiger partial charge in [-0.25, -0.2) is 13.2 Å². The van der Waals surface area contributed by atoms with Crippen molar-refractivity contribution in [1.29, 1.82) is 0 Å². The third kappa shape index (κ3) is 2.22. The first kappa shape index (κ1) is 12.6. The van der Waals surface area contributed by atoms with Crippen molar-refractivity contribution < 1.29 is 18.3 Å². The molecule has 2 aromatic rings. The van der Waals surface area contributed by atoms with Gasteiger partial charge in [-0.1, -0.05) is 6.07 Å². The molecule has 94 valence electrons. The number of aliphatic hydroxyl groups excluding tert-OH is 1. The number of aryl methyl sites for hydroxylation is 1. The molecule has 0 saturated carbocycles. The number of benzene rings is 1. The maximum atomic E-state index is 13.8. The molecule has 0 fully saturated rings. The highest BCUT2D eigenvalue weighted by molar-refractivity contribution is 5.34. The molecule has 0 bridgehead atoms. The summed E-state index contributed by atoms with van der Waals surface area (Å²) in [6.45, 7) is 1.45. The lowest BCUT2D eigenvalue weighted by Crippen LogP contribution is -2.07. The van der Waals surface area contributed by atoms with Gasteiger partial charge in [-0.2, -0.15) is 0 Å². The molecule has 0 spiro atoms. The van der Waals surface area contributed by atoms with E-state index < -0.39 is 29.1 Å². The van der Waals surface area contributed by atoms with Crippen LogP contribution in [0, 0.1) is 24.4 Å². The highest BCUT2D eigenvalue weighted by Crippen LogP contribution is 2.28. The SMILES string of the molecule is Cc1ccc(F)c(C(O)c2cncc(F)c2)c1F. The summed E-state index contributed by atoms with van der Waals surface area (Å²) in [6.07, 6.45) is 0.516. The Bertz CT molecular complexity index is 586. The van der Waals surface area contributed by atoms with Gasteiger partial charge < -0.3 is 5.11 Å². The average Bonchev–Trinajstić information content (AvgIpc) is 2.34. The Morgan fingerprint density at radius 2 is 1.89 bits per heavy atom. The molecule has 0 amide bonds. The van der Waals surface area contributed by atoms with Crippen LogP contribution in [0.25, 0.3) is 0 Å². The summed E-state index contributed by atoms with van der Waals surface area (Å²) in [6, 6.07) is 3.31.